The van der Waals surface area contributed by atoms with Crippen molar-refractivity contribution in [2.24, 2.45) is 11.7 Å². The summed E-state index contributed by atoms with van der Waals surface area (Å²) in [6, 6.07) is 10.0. The number of carbonyl (C=O) groups is 1. The van der Waals surface area contributed by atoms with Gasteiger partial charge in [-0.25, -0.2) is 9.97 Å². The molecule has 4 heterocycles. The van der Waals surface area contributed by atoms with Crippen LogP contribution in [0.15, 0.2) is 36.5 Å². The number of fused-ring (bicyclic) bond motifs is 4. The highest BCUT2D eigenvalue weighted by atomic mass is 16.5. The van der Waals surface area contributed by atoms with Crippen LogP contribution in [0.25, 0.3) is 33.6 Å². The average Bonchev–Trinajstić information content (AvgIpc) is 3.65. The molecule has 1 saturated heterocycles. The summed E-state index contributed by atoms with van der Waals surface area (Å²) in [5.41, 5.74) is 10.4. The van der Waals surface area contributed by atoms with Crippen molar-refractivity contribution in [3.63, 3.8) is 0 Å². The lowest BCUT2D eigenvalue weighted by Crippen LogP contribution is -2.41. The van der Waals surface area contributed by atoms with Gasteiger partial charge in [-0.05, 0) is 56.0 Å². The molecule has 2 N–H and O–H groups in total. The first kappa shape index (κ1) is 23.0. The highest BCUT2D eigenvalue weighted by Crippen LogP contribution is 2.39. The van der Waals surface area contributed by atoms with Crippen LogP contribution in [0.3, 0.4) is 0 Å². The van der Waals surface area contributed by atoms with E-state index in [2.05, 4.69) is 33.2 Å². The predicted octanol–water partition coefficient (Wildman–Crippen LogP) is 3.29. The minimum Gasteiger partial charge on any atom is -0.494 e. The van der Waals surface area contributed by atoms with Gasteiger partial charge < -0.3 is 29.2 Å². The number of hydrogen-bond acceptors (Lipinski definition) is 6. The zero-order valence-electron chi connectivity index (χ0n) is 21.0. The van der Waals surface area contributed by atoms with E-state index in [0.717, 1.165) is 59.5 Å². The molecule has 36 heavy (non-hydrogen) atoms. The Balaban J connectivity index is 1.51. The van der Waals surface area contributed by atoms with Gasteiger partial charge in [0.1, 0.15) is 16.9 Å². The molecule has 188 valence electrons. The van der Waals surface area contributed by atoms with Crippen molar-refractivity contribution in [3.8, 4) is 17.3 Å². The van der Waals surface area contributed by atoms with Gasteiger partial charge in [-0.1, -0.05) is 0 Å². The maximum absolute atomic E-state index is 13.6. The van der Waals surface area contributed by atoms with Crippen LogP contribution in [0, 0.1) is 5.92 Å². The Labute approximate surface area is 209 Å². The van der Waals surface area contributed by atoms with Gasteiger partial charge in [-0.2, -0.15) is 0 Å². The van der Waals surface area contributed by atoms with E-state index in [0.29, 0.717) is 30.4 Å². The summed E-state index contributed by atoms with van der Waals surface area (Å²) in [6.45, 7) is 4.69. The molecule has 3 aromatic heterocycles. The van der Waals surface area contributed by atoms with Crippen LogP contribution in [-0.2, 0) is 17.8 Å². The number of imidazole rings is 1. The van der Waals surface area contributed by atoms with Crippen LogP contribution in [0.4, 0.5) is 0 Å². The number of carbonyl (C=O) groups excluding carboxylic acids is 1. The Morgan fingerprint density at radius 3 is 2.75 bits per heavy atom. The number of aromatic nitrogens is 4. The van der Waals surface area contributed by atoms with Gasteiger partial charge in [-0.3, -0.25) is 4.79 Å². The number of ether oxygens (including phenoxy) is 2. The Kier molecular flexibility index (Phi) is 5.69. The zero-order chi connectivity index (χ0) is 25.0. The zero-order valence-corrected chi connectivity index (χ0v) is 21.0. The monoisotopic (exact) mass is 488 g/mol. The third kappa shape index (κ3) is 3.41. The molecule has 1 amide bonds. The number of rotatable bonds is 7. The van der Waals surface area contributed by atoms with Crippen LogP contribution < -0.4 is 10.5 Å². The summed E-state index contributed by atoms with van der Waals surface area (Å²) in [7, 11) is 3.32. The van der Waals surface area contributed by atoms with Gasteiger partial charge >= 0.3 is 0 Å². The quantitative estimate of drug-likeness (QED) is 0.429. The fourth-order valence-corrected chi connectivity index (χ4v) is 6.15. The minimum absolute atomic E-state index is 0.00212. The second-order valence-corrected chi connectivity index (χ2v) is 9.76. The summed E-state index contributed by atoms with van der Waals surface area (Å²) < 4.78 is 15.6. The van der Waals surface area contributed by atoms with E-state index >= 15 is 0 Å². The van der Waals surface area contributed by atoms with E-state index in [1.165, 1.54) is 0 Å². The maximum atomic E-state index is 13.6. The fourth-order valence-electron chi connectivity index (χ4n) is 6.15. The van der Waals surface area contributed by atoms with Crippen molar-refractivity contribution in [2.75, 3.05) is 27.4 Å². The second-order valence-electron chi connectivity index (χ2n) is 9.76. The molecule has 4 aromatic rings. The minimum atomic E-state index is -0.00212. The van der Waals surface area contributed by atoms with Gasteiger partial charge in [-0.15, -0.1) is 0 Å². The molecule has 1 aliphatic heterocycles. The van der Waals surface area contributed by atoms with Crippen molar-refractivity contribution in [1.82, 2.24) is 24.0 Å². The lowest BCUT2D eigenvalue weighted by Gasteiger charge is -2.27. The van der Waals surface area contributed by atoms with E-state index < -0.39 is 0 Å². The van der Waals surface area contributed by atoms with Gasteiger partial charge in [0.2, 0.25) is 0 Å². The van der Waals surface area contributed by atoms with Crippen LogP contribution in [-0.4, -0.2) is 69.4 Å². The molecule has 1 aliphatic carbocycles. The number of nitrogens with two attached hydrogens (primary N) is 1. The highest BCUT2D eigenvalue weighted by molar-refractivity contribution is 6.00. The van der Waals surface area contributed by atoms with Gasteiger partial charge in [0.25, 0.3) is 5.91 Å². The Hall–Kier alpha value is -3.43. The second kappa shape index (κ2) is 8.90. The van der Waals surface area contributed by atoms with E-state index in [1.54, 1.807) is 14.2 Å². The first-order chi connectivity index (χ1) is 17.5. The first-order valence-corrected chi connectivity index (χ1v) is 12.6. The van der Waals surface area contributed by atoms with Crippen LogP contribution in [0.2, 0.25) is 0 Å². The van der Waals surface area contributed by atoms with Gasteiger partial charge in [0.15, 0.2) is 5.82 Å². The third-order valence-corrected chi connectivity index (χ3v) is 7.91. The number of hydrogen-bond donors (Lipinski definition) is 1. The van der Waals surface area contributed by atoms with Crippen molar-refractivity contribution >= 4 is 28.0 Å². The lowest BCUT2D eigenvalue weighted by molar-refractivity contribution is 0.0700. The normalized spacial score (nSPS) is 21.2. The molecule has 2 fully saturated rings. The topological polar surface area (TPSA) is 100 Å². The lowest BCUT2D eigenvalue weighted by atomic mass is 10.1. The number of nitrogens with zero attached hydrogens (tertiary/aromatic N) is 5. The molecular weight excluding hydrogens is 456 g/mol. The van der Waals surface area contributed by atoms with Crippen LogP contribution in [0.5, 0.6) is 5.75 Å². The molecule has 0 radical (unpaired) electrons. The Morgan fingerprint density at radius 1 is 1.19 bits per heavy atom. The van der Waals surface area contributed by atoms with Crippen molar-refractivity contribution in [2.45, 2.75) is 44.9 Å². The first-order valence-electron chi connectivity index (χ1n) is 12.6. The third-order valence-electron chi connectivity index (χ3n) is 7.91. The number of methoxy groups -OCH3 is 2. The predicted molar refractivity (Wildman–Crippen MR) is 138 cm³/mol. The standard InChI is InChI=1S/C27H32N6O3/c1-4-31-21(13-16-6-5-9-29-25(16)31)26-30-19-12-18(14-22(36-3)24(19)32(26)10-11-35-2)27(34)33-15-17-7-8-20(33)23(17)28/h5-6,9,12-14,17,20,23H,4,7-8,10-11,15,28H2,1-3H3. The van der Waals surface area contributed by atoms with Crippen molar-refractivity contribution < 1.29 is 14.3 Å². The Bertz CT molecular complexity index is 1460. The summed E-state index contributed by atoms with van der Waals surface area (Å²) in [5.74, 6) is 1.82. The largest absolute Gasteiger partial charge is 0.494 e. The SMILES string of the molecule is CCn1c(-c2nc3cc(C(=O)N4CC5CCC4C5N)cc(OC)c3n2CCOC)cc2cccnc21. The molecule has 3 unspecified atom stereocenters. The number of likely N-dealkylation sites (tertiary alicyclic amines) is 1. The van der Waals surface area contributed by atoms with E-state index in [4.69, 9.17) is 20.2 Å². The fraction of sp³-hybridized carbons (Fsp3) is 0.444. The molecular formula is C27H32N6O3. The molecule has 2 bridgehead atoms. The summed E-state index contributed by atoms with van der Waals surface area (Å²) >= 11 is 0. The molecule has 9 heteroatoms. The molecule has 1 saturated carbocycles. The molecule has 1 aromatic carbocycles. The van der Waals surface area contributed by atoms with Crippen LogP contribution >= 0.6 is 0 Å². The van der Waals surface area contributed by atoms with Gasteiger partial charge in [0, 0.05) is 56.0 Å². The number of pyridine rings is 1. The molecule has 0 spiro atoms. The highest BCUT2D eigenvalue weighted by Gasteiger charge is 2.47. The number of piperidine rings is 1. The number of amides is 1. The van der Waals surface area contributed by atoms with E-state index in [-0.39, 0.29) is 18.0 Å². The molecule has 3 atom stereocenters. The van der Waals surface area contributed by atoms with E-state index in [9.17, 15) is 4.79 Å². The van der Waals surface area contributed by atoms with Crippen molar-refractivity contribution in [3.05, 3.63) is 42.1 Å². The molecule has 9 nitrogen and oxygen atoms in total. The summed E-state index contributed by atoms with van der Waals surface area (Å²) in [5, 5.41) is 1.06. The number of aryl methyl sites for hydroxylation is 1. The van der Waals surface area contributed by atoms with Crippen LogP contribution in [0.1, 0.15) is 30.1 Å². The number of benzene rings is 1. The summed E-state index contributed by atoms with van der Waals surface area (Å²) in [4.78, 5) is 25.2. The smallest absolute Gasteiger partial charge is 0.254 e. The molecule has 6 rings (SSSR count). The Morgan fingerprint density at radius 2 is 2.06 bits per heavy atom. The maximum Gasteiger partial charge on any atom is 0.254 e. The molecule has 2 aliphatic rings. The van der Waals surface area contributed by atoms with E-state index in [1.807, 2.05) is 29.3 Å². The van der Waals surface area contributed by atoms with Gasteiger partial charge in [0.05, 0.1) is 24.9 Å². The average molecular weight is 489 g/mol. The summed E-state index contributed by atoms with van der Waals surface area (Å²) in [6.07, 6.45) is 3.89. The van der Waals surface area contributed by atoms with Crippen molar-refractivity contribution in [1.29, 1.82) is 0 Å².